The number of alkyl carbamates (subject to hydrolysis) is 1. The van der Waals surface area contributed by atoms with Gasteiger partial charge < -0.3 is 50.7 Å². The van der Waals surface area contributed by atoms with E-state index in [0.29, 0.717) is 95.2 Å². The van der Waals surface area contributed by atoms with E-state index in [1.807, 2.05) is 18.5 Å². The zero-order valence-corrected chi connectivity index (χ0v) is 61.1. The van der Waals surface area contributed by atoms with Gasteiger partial charge in [0.2, 0.25) is 11.8 Å². The SMILES string of the molecule is CC(=O)C(C)CCCCNC(=O)CCCCN=[N+]=[N-].NC(Cc1cnc[nH]1)C(=O)O.[3H]P(=O)(O)OCCCCCCCCCC(=O)OCC1[C@H]2CCC#CCC[C@@H]12.[3H][P+](O)(O)OCCCCCCNC(=O)OC[C@@H]1[C@@H]2CCc3nnn(CCCCC(=O)NCCCCC(C)C(C)=O)c3CC[C@@H]21. The molecule has 0 aromatic carbocycles. The lowest BCUT2D eigenvalue weighted by Crippen LogP contribution is -2.32. The van der Waals surface area contributed by atoms with Gasteiger partial charge >= 0.3 is 36.1 Å². The second-order valence-electron chi connectivity index (χ2n) is 26.5. The number of imidazole rings is 1. The number of aromatic amines is 1. The topological polar surface area (TPSA) is 425 Å². The Morgan fingerprint density at radius 1 is 0.747 bits per heavy atom. The quantitative estimate of drug-likeness (QED) is 0.00565. The minimum absolute atomic E-state index is 0.0422. The third kappa shape index (κ3) is 42.2. The molecule has 99 heavy (non-hydrogen) atoms. The first-order valence-electron chi connectivity index (χ1n) is 37.1. The zero-order valence-electron chi connectivity index (χ0n) is 61.3. The van der Waals surface area contributed by atoms with Gasteiger partial charge in [0.05, 0.1) is 44.1 Å². The molecule has 2 aromatic rings. The Balaban J connectivity index is 0.000000393. The standard InChI is InChI=1S/C30H52N5O7P.C20H33O5P.C13H24N4O2.C6H9N3O2/c1-22(23(2)36)11-5-8-17-31-29(37)12-6-9-19-35-28-16-14-25-24(13-15-27(28)33-34-35)26(25)21-41-30(38)32-18-7-3-4-10-20-42-43(39)40;21-20(14-10-4-2-1-3-7-11-15-25-26(22)23)24-16-19-17-12-8-5-6-9-13-18(17)19;1-11(12(2)18)7-3-5-9-15-13(19)8-4-6-10-16-17-14;7-5(6(10)11)1-4-2-8-3-9-4/h22,24-26,39-40,43H,3-21H2,1-2H3,(H-,31,32,37,38);17-19,26H,1-4,7-16H2,(H,22,23);11H,3-10H2,1-2H3,(H,15,19);2-3,5H,1,7H2,(H,8,9)(H,10,11)/p+1/t22?,24-,25+,26-;17-,18+,19?;;/m1.../s1/i43T;26T;;. The normalized spacial score (nSPS) is 19.6. The molecule has 2 fully saturated rings. The Labute approximate surface area is 590 Å². The number of rotatable bonds is 48. The van der Waals surface area contributed by atoms with Gasteiger partial charge in [-0.05, 0) is 170 Å². The fourth-order valence-electron chi connectivity index (χ4n) is 12.3. The number of azide groups is 1. The lowest BCUT2D eigenvalue weighted by Gasteiger charge is -2.11. The van der Waals surface area contributed by atoms with Crippen LogP contribution in [0.1, 0.15) is 237 Å². The highest BCUT2D eigenvalue weighted by molar-refractivity contribution is 7.39. The summed E-state index contributed by atoms with van der Waals surface area (Å²) in [6, 6.07) is -0.851. The summed E-state index contributed by atoms with van der Waals surface area (Å²) < 4.78 is 46.4. The highest BCUT2D eigenvalue weighted by Gasteiger charge is 2.51. The number of hydrogen-bond donors (Lipinski definition) is 9. The number of carbonyl (C=O) groups is 7. The Morgan fingerprint density at radius 3 is 1.84 bits per heavy atom. The van der Waals surface area contributed by atoms with Gasteiger partial charge in [-0.3, -0.25) is 33.3 Å². The molecule has 0 aliphatic heterocycles. The number of Topliss-reactive ketones (excluding diaryl/α,β-unsaturated/α-hetero) is 2. The van der Waals surface area contributed by atoms with Crippen LogP contribution in [-0.2, 0) is 77.7 Å². The first-order valence-corrected chi connectivity index (χ1v) is 38.5. The number of fused-ring (bicyclic) bond motifs is 3. The molecule has 2 saturated carbocycles. The van der Waals surface area contributed by atoms with Crippen molar-refractivity contribution in [2.75, 3.05) is 52.6 Å². The van der Waals surface area contributed by atoms with Crippen molar-refractivity contribution in [1.29, 1.82) is 2.56 Å². The molecule has 28 nitrogen and oxygen atoms in total. The molecule has 4 aliphatic rings. The lowest BCUT2D eigenvalue weighted by atomic mass is 10.0. The van der Waals surface area contributed by atoms with Gasteiger partial charge in [-0.25, -0.2) is 14.5 Å². The number of carboxylic acid groups (broad SMARTS) is 1. The van der Waals surface area contributed by atoms with Crippen LogP contribution in [0.4, 0.5) is 4.79 Å². The largest absolute Gasteiger partial charge is 0.480 e. The zero-order chi connectivity index (χ0) is 74.3. The van der Waals surface area contributed by atoms with Crippen molar-refractivity contribution in [3.05, 3.63) is 40.0 Å². The van der Waals surface area contributed by atoms with Crippen molar-refractivity contribution in [1.82, 2.24) is 40.9 Å². The number of aryl methyl sites for hydroxylation is 2. The van der Waals surface area contributed by atoms with Gasteiger partial charge in [0, 0.05) is 99.9 Å². The van der Waals surface area contributed by atoms with Crippen LogP contribution in [-0.4, -0.2) is 147 Å². The van der Waals surface area contributed by atoms with Gasteiger partial charge in [-0.15, -0.1) is 16.9 Å². The summed E-state index contributed by atoms with van der Waals surface area (Å²) in [6.07, 6.45) is 31.1. The number of nitrogens with two attached hydrogens (primary N) is 1. The van der Waals surface area contributed by atoms with Crippen LogP contribution in [0.3, 0.4) is 0 Å². The van der Waals surface area contributed by atoms with Crippen molar-refractivity contribution in [2.45, 2.75) is 252 Å². The molecule has 6 rings (SSSR count). The van der Waals surface area contributed by atoms with E-state index in [1.165, 1.54) is 12.0 Å². The van der Waals surface area contributed by atoms with E-state index in [2.05, 4.69) is 67.1 Å². The molecule has 0 saturated heterocycles. The fraction of sp³-hybridized carbons (Fsp3) is 0.797. The Bertz CT molecular complexity index is 2870. The van der Waals surface area contributed by atoms with E-state index in [0.717, 1.165) is 203 Å². The number of H-pyrrole nitrogens is 1. The van der Waals surface area contributed by atoms with Crippen molar-refractivity contribution in [3.8, 4) is 11.8 Å². The van der Waals surface area contributed by atoms with Gasteiger partial charge in [0.1, 0.15) is 17.6 Å². The number of carboxylic acids is 1. The number of nitrogens with zero attached hydrogens (tertiary/aromatic N) is 7. The predicted molar refractivity (Wildman–Crippen MR) is 378 cm³/mol. The molecule has 0 spiro atoms. The summed E-state index contributed by atoms with van der Waals surface area (Å²) in [5, 5.41) is 29.3. The number of ether oxygens (including phenoxy) is 2. The molecular formula is C69H119N12O16P2+. The third-order valence-corrected chi connectivity index (χ3v) is 19.6. The van der Waals surface area contributed by atoms with Crippen LogP contribution in [0.25, 0.3) is 10.4 Å². The third-order valence-electron chi connectivity index (χ3n) is 18.8. The number of carbonyl (C=O) groups excluding carboxylic acids is 6. The summed E-state index contributed by atoms with van der Waals surface area (Å²) in [5.41, 5.74) is 16.3. The van der Waals surface area contributed by atoms with Crippen LogP contribution in [0.2, 0.25) is 0 Å². The molecule has 0 bridgehead atoms. The summed E-state index contributed by atoms with van der Waals surface area (Å²) >= 11 is 0. The smallest absolute Gasteiger partial charge is 0.407 e. The molecule has 10 atom stereocenters. The average molecular weight is 1440 g/mol. The number of nitrogens with one attached hydrogen (secondary N) is 4. The maximum absolute atomic E-state index is 12.2. The Hall–Kier alpha value is -5.87. The number of ketones is 2. The first kappa shape index (κ1) is 83.8. The average Bonchev–Trinajstić information content (AvgIpc) is 1.62. The molecular weight excluding hydrogens is 1310 g/mol. The van der Waals surface area contributed by atoms with Crippen LogP contribution in [0.5, 0.6) is 0 Å². The van der Waals surface area contributed by atoms with Crippen LogP contribution < -0.4 is 21.7 Å². The molecule has 3 amide bonds. The number of esters is 1. The number of unbranched alkanes of at least 4 members (excludes halogenated alkanes) is 13. The molecule has 0 radical (unpaired) electrons. The van der Waals surface area contributed by atoms with Crippen LogP contribution >= 0.6 is 16.7 Å². The van der Waals surface area contributed by atoms with Gasteiger partial charge in [0.25, 0.3) is 0 Å². The monoisotopic (exact) mass is 1440 g/mol. The Morgan fingerprint density at radius 2 is 1.27 bits per heavy atom. The maximum atomic E-state index is 12.2. The molecule has 10 N–H and O–H groups in total. The van der Waals surface area contributed by atoms with Crippen molar-refractivity contribution in [3.63, 3.8) is 0 Å². The van der Waals surface area contributed by atoms with E-state index in [1.54, 1.807) is 20.0 Å². The molecule has 2 aromatic heterocycles. The molecule has 4 aliphatic carbocycles. The van der Waals surface area contributed by atoms with Crippen molar-refractivity contribution >= 4 is 58.2 Å². The van der Waals surface area contributed by atoms with E-state index < -0.39 is 28.8 Å². The number of aromatic nitrogens is 5. The van der Waals surface area contributed by atoms with Gasteiger partial charge in [-0.2, -0.15) is 14.3 Å². The summed E-state index contributed by atoms with van der Waals surface area (Å²) in [7, 11) is -7.96. The summed E-state index contributed by atoms with van der Waals surface area (Å²) in [5.74, 6) is 9.65. The number of hydrogen-bond acceptors (Lipinski definition) is 19. The lowest BCUT2D eigenvalue weighted by molar-refractivity contribution is -0.144. The second-order valence-corrected chi connectivity index (χ2v) is 28.0. The number of aliphatic carboxylic acids is 1. The van der Waals surface area contributed by atoms with Crippen LogP contribution in [0.15, 0.2) is 17.6 Å². The van der Waals surface area contributed by atoms with E-state index in [-0.39, 0.29) is 66.9 Å². The van der Waals surface area contributed by atoms with Crippen molar-refractivity contribution < 1.29 is 76.4 Å². The highest BCUT2D eigenvalue weighted by Crippen LogP contribution is 2.53. The maximum Gasteiger partial charge on any atom is 0.407 e. The second kappa shape index (κ2) is 53.9. The summed E-state index contributed by atoms with van der Waals surface area (Å²) in [6.45, 7) is 11.5. The minimum atomic E-state index is -4.06. The first-order chi connectivity index (χ1) is 48.3. The minimum Gasteiger partial charge on any atom is -0.480 e. The van der Waals surface area contributed by atoms with Gasteiger partial charge in [-0.1, -0.05) is 82.0 Å². The predicted octanol–water partition coefficient (Wildman–Crippen LogP) is 10.8. The van der Waals surface area contributed by atoms with E-state index in [9.17, 15) is 38.1 Å². The van der Waals surface area contributed by atoms with Gasteiger partial charge in [0.15, 0.2) is 1.28 Å². The van der Waals surface area contributed by atoms with Crippen LogP contribution in [0, 0.1) is 59.2 Å². The summed E-state index contributed by atoms with van der Waals surface area (Å²) in [4.78, 5) is 116. The Kier molecular flexibility index (Phi) is 45.6. The van der Waals surface area contributed by atoms with E-state index >= 15 is 0 Å². The van der Waals surface area contributed by atoms with Crippen molar-refractivity contribution in [2.24, 2.45) is 58.2 Å². The molecule has 2 heterocycles. The number of amides is 3. The molecule has 560 valence electrons. The highest BCUT2D eigenvalue weighted by atomic mass is 31.2. The molecule has 5 unspecified atom stereocenters. The molecule has 30 heteroatoms. The van der Waals surface area contributed by atoms with E-state index in [4.69, 9.17) is 43.1 Å². The fourth-order valence-corrected chi connectivity index (χ4v) is 12.9.